The third-order valence-electron chi connectivity index (χ3n) is 5.97. The number of halogens is 3. The van der Waals surface area contributed by atoms with Crippen LogP contribution in [0, 0.1) is 0 Å². The number of hydrogen-bond donors (Lipinski definition) is 3. The first-order valence-corrected chi connectivity index (χ1v) is 14.0. The van der Waals surface area contributed by atoms with Crippen molar-refractivity contribution in [3.8, 4) is 5.75 Å². The fourth-order valence-electron chi connectivity index (χ4n) is 3.71. The van der Waals surface area contributed by atoms with E-state index < -0.39 is 34.0 Å². The number of alkyl halides is 3. The van der Waals surface area contributed by atoms with Crippen molar-refractivity contribution < 1.29 is 45.8 Å². The van der Waals surface area contributed by atoms with Gasteiger partial charge in [-0.05, 0) is 37.2 Å². The van der Waals surface area contributed by atoms with Crippen LogP contribution < -0.4 is 20.3 Å². The Hall–Kier alpha value is -3.96. The molecule has 17 heteroatoms. The number of anilines is 2. The van der Waals surface area contributed by atoms with Gasteiger partial charge in [0.15, 0.2) is 0 Å². The van der Waals surface area contributed by atoms with Crippen LogP contribution in [0.15, 0.2) is 47.6 Å². The molecule has 232 valence electrons. The summed E-state index contributed by atoms with van der Waals surface area (Å²) >= 11 is 0. The van der Waals surface area contributed by atoms with Crippen LogP contribution in [-0.2, 0) is 24.4 Å². The predicted octanol–water partition coefficient (Wildman–Crippen LogP) is 1.24. The molecule has 0 atom stereocenters. The molecule has 0 aliphatic carbocycles. The van der Waals surface area contributed by atoms with Crippen LogP contribution in [0.5, 0.6) is 5.75 Å². The predicted molar refractivity (Wildman–Crippen MR) is 147 cm³/mol. The van der Waals surface area contributed by atoms with Gasteiger partial charge in [-0.25, -0.2) is 17.5 Å². The summed E-state index contributed by atoms with van der Waals surface area (Å²) in [7, 11) is 0.447. The zero-order valence-electron chi connectivity index (χ0n) is 23.2. The lowest BCUT2D eigenvalue weighted by Gasteiger charge is -2.36. The maximum absolute atomic E-state index is 12.4. The Balaban J connectivity index is 0.000000782. The number of nitrogens with zero attached hydrogens (tertiary/aromatic N) is 4. The maximum atomic E-state index is 12.4. The minimum absolute atomic E-state index is 0.0333. The number of rotatable bonds is 9. The zero-order chi connectivity index (χ0) is 31.5. The molecule has 0 unspecified atom stereocenters. The first kappa shape index (κ1) is 34.2. The highest BCUT2D eigenvalue weighted by Crippen LogP contribution is 2.28. The van der Waals surface area contributed by atoms with Crippen molar-refractivity contribution >= 4 is 39.2 Å². The molecule has 2 aromatic rings. The summed E-state index contributed by atoms with van der Waals surface area (Å²) < 4.78 is 62.7. The Labute approximate surface area is 241 Å². The SMILES string of the molecule is COc1cc(NC(=O)C(=O)NCCCN2CCN(c3ccncc3)CC2)ccc1S(=O)(=O)N(C)C.O=C(O)C(F)(F)F. The van der Waals surface area contributed by atoms with Gasteiger partial charge >= 0.3 is 24.0 Å². The van der Waals surface area contributed by atoms with E-state index in [2.05, 4.69) is 25.4 Å². The molecule has 0 bridgehead atoms. The molecular formula is C25H33F3N6O7S. The van der Waals surface area contributed by atoms with Crippen molar-refractivity contribution in [3.63, 3.8) is 0 Å². The fraction of sp³-hybridized carbons (Fsp3) is 0.440. The summed E-state index contributed by atoms with van der Waals surface area (Å²) in [6.45, 7) is 4.91. The number of carboxylic acids is 1. The molecule has 1 fully saturated rings. The van der Waals surface area contributed by atoms with E-state index in [1.807, 2.05) is 12.1 Å². The van der Waals surface area contributed by atoms with Gasteiger partial charge in [0, 0.05) is 76.7 Å². The standard InChI is InChI=1S/C23H32N6O5S.C2HF3O2/c1-27(2)35(32,33)21-6-5-18(17-20(21)34-3)26-23(31)22(30)25-9-4-12-28-13-15-29(16-14-28)19-7-10-24-11-8-19;3-2(4,5)1(6)7/h5-8,10-11,17H,4,9,12-16H2,1-3H3,(H,25,30)(H,26,31);(H,6,7). The smallest absolute Gasteiger partial charge is 0.490 e. The second-order valence-electron chi connectivity index (χ2n) is 9.05. The minimum atomic E-state index is -5.08. The van der Waals surface area contributed by atoms with Gasteiger partial charge < -0.3 is 25.4 Å². The summed E-state index contributed by atoms with van der Waals surface area (Å²) in [6, 6.07) is 8.12. The molecule has 1 aromatic heterocycles. The fourth-order valence-corrected chi connectivity index (χ4v) is 4.74. The number of carbonyl (C=O) groups excluding carboxylic acids is 2. The lowest BCUT2D eigenvalue weighted by atomic mass is 10.2. The summed E-state index contributed by atoms with van der Waals surface area (Å²) in [5.74, 6) is -4.27. The maximum Gasteiger partial charge on any atom is 0.490 e. The molecule has 13 nitrogen and oxygen atoms in total. The number of aliphatic carboxylic acids is 1. The van der Waals surface area contributed by atoms with E-state index in [4.69, 9.17) is 14.6 Å². The van der Waals surface area contributed by atoms with Crippen LogP contribution in [0.3, 0.4) is 0 Å². The van der Waals surface area contributed by atoms with Crippen LogP contribution in [0.1, 0.15) is 6.42 Å². The van der Waals surface area contributed by atoms with Gasteiger partial charge in [-0.1, -0.05) is 0 Å². The number of piperazine rings is 1. The number of hydrogen-bond acceptors (Lipinski definition) is 9. The molecule has 2 amide bonds. The number of aromatic nitrogens is 1. The Bertz CT molecular complexity index is 1320. The van der Waals surface area contributed by atoms with Crippen molar-refractivity contribution in [1.29, 1.82) is 0 Å². The molecule has 3 N–H and O–H groups in total. The van der Waals surface area contributed by atoms with E-state index in [9.17, 15) is 31.2 Å². The van der Waals surface area contributed by atoms with Gasteiger partial charge in [0.05, 0.1) is 7.11 Å². The topological polar surface area (TPSA) is 161 Å². The number of carbonyl (C=O) groups is 3. The molecule has 3 rings (SSSR count). The second kappa shape index (κ2) is 15.3. The van der Waals surface area contributed by atoms with Gasteiger partial charge in [0.2, 0.25) is 10.0 Å². The number of carboxylic acid groups (broad SMARTS) is 1. The van der Waals surface area contributed by atoms with E-state index in [1.165, 1.54) is 45.1 Å². The van der Waals surface area contributed by atoms with Crippen LogP contribution in [-0.4, -0.2) is 112 Å². The monoisotopic (exact) mass is 618 g/mol. The summed E-state index contributed by atoms with van der Waals surface area (Å²) in [6.07, 6.45) is -0.775. The average Bonchev–Trinajstić information content (AvgIpc) is 2.95. The Kier molecular flexibility index (Phi) is 12.5. The molecule has 0 radical (unpaired) electrons. The summed E-state index contributed by atoms with van der Waals surface area (Å²) in [5, 5.41) is 12.2. The Morgan fingerprint density at radius 3 is 2.17 bits per heavy atom. The van der Waals surface area contributed by atoms with Gasteiger partial charge in [-0.3, -0.25) is 19.5 Å². The van der Waals surface area contributed by atoms with E-state index in [0.29, 0.717) is 6.54 Å². The number of sulfonamides is 1. The summed E-state index contributed by atoms with van der Waals surface area (Å²) in [5.41, 5.74) is 1.43. The average molecular weight is 619 g/mol. The van der Waals surface area contributed by atoms with E-state index >= 15 is 0 Å². The molecule has 0 saturated carbocycles. The van der Waals surface area contributed by atoms with Crippen molar-refractivity contribution in [2.45, 2.75) is 17.5 Å². The highest BCUT2D eigenvalue weighted by molar-refractivity contribution is 7.89. The Morgan fingerprint density at radius 2 is 1.64 bits per heavy atom. The number of methoxy groups -OCH3 is 1. The van der Waals surface area contributed by atoms with Gasteiger partial charge in [-0.2, -0.15) is 13.2 Å². The summed E-state index contributed by atoms with van der Waals surface area (Å²) in [4.78, 5) is 42.0. The number of pyridine rings is 1. The molecule has 1 aliphatic heterocycles. The highest BCUT2D eigenvalue weighted by atomic mass is 32.2. The number of amides is 2. The van der Waals surface area contributed by atoms with Crippen molar-refractivity contribution in [1.82, 2.24) is 19.5 Å². The van der Waals surface area contributed by atoms with Gasteiger partial charge in [0.25, 0.3) is 0 Å². The molecule has 1 aromatic carbocycles. The van der Waals surface area contributed by atoms with Crippen LogP contribution in [0.2, 0.25) is 0 Å². The normalized spacial score (nSPS) is 14.0. The molecule has 0 spiro atoms. The molecule has 42 heavy (non-hydrogen) atoms. The number of nitrogens with one attached hydrogen (secondary N) is 2. The van der Waals surface area contributed by atoms with Crippen molar-refractivity contribution in [3.05, 3.63) is 42.7 Å². The van der Waals surface area contributed by atoms with Crippen molar-refractivity contribution in [2.75, 3.05) is 70.7 Å². The Morgan fingerprint density at radius 1 is 1.05 bits per heavy atom. The molecular weight excluding hydrogens is 585 g/mol. The van der Waals surface area contributed by atoms with Gasteiger partial charge in [0.1, 0.15) is 10.6 Å². The molecule has 2 heterocycles. The van der Waals surface area contributed by atoms with Crippen LogP contribution in [0.25, 0.3) is 0 Å². The van der Waals surface area contributed by atoms with E-state index in [-0.39, 0.29) is 16.3 Å². The number of benzene rings is 1. The molecule has 1 aliphatic rings. The minimum Gasteiger partial charge on any atom is -0.495 e. The zero-order valence-corrected chi connectivity index (χ0v) is 24.0. The number of ether oxygens (including phenoxy) is 1. The molecule has 1 saturated heterocycles. The largest absolute Gasteiger partial charge is 0.495 e. The quantitative estimate of drug-likeness (QED) is 0.276. The first-order chi connectivity index (χ1) is 19.7. The third-order valence-corrected chi connectivity index (χ3v) is 7.82. The van der Waals surface area contributed by atoms with Crippen molar-refractivity contribution in [2.24, 2.45) is 0 Å². The highest BCUT2D eigenvalue weighted by Gasteiger charge is 2.38. The van der Waals surface area contributed by atoms with Crippen LogP contribution in [0.4, 0.5) is 24.5 Å². The first-order valence-electron chi connectivity index (χ1n) is 12.5. The van der Waals surface area contributed by atoms with E-state index in [0.717, 1.165) is 43.4 Å². The van der Waals surface area contributed by atoms with E-state index in [1.54, 1.807) is 12.4 Å². The lowest BCUT2D eigenvalue weighted by molar-refractivity contribution is -0.192. The third kappa shape index (κ3) is 10.1. The van der Waals surface area contributed by atoms with Crippen LogP contribution >= 0.6 is 0 Å². The second-order valence-corrected chi connectivity index (χ2v) is 11.2. The van der Waals surface area contributed by atoms with Gasteiger partial charge in [-0.15, -0.1) is 0 Å². The lowest BCUT2D eigenvalue weighted by Crippen LogP contribution is -2.47.